The minimum Gasteiger partial charge on any atom is -0.379 e. The van der Waals surface area contributed by atoms with Gasteiger partial charge in [-0.3, -0.25) is 14.7 Å². The van der Waals surface area contributed by atoms with Crippen LogP contribution in [0.3, 0.4) is 0 Å². The molecule has 34 heavy (non-hydrogen) atoms. The standard InChI is InChI=1S/C25H49FN6O2/c1-4-5-6-7-18(2)8-9-20(26)16-30-19(3)23(24(27)28)25(33)31-21-17-29-11-10-22(21)32-12-14-34-15-13-32/h18,20-24,29H,4-17,27-28H2,1-3H3,(H,31,33). The fourth-order valence-electron chi connectivity index (χ4n) is 5.04. The smallest absolute Gasteiger partial charge is 0.232 e. The highest BCUT2D eigenvalue weighted by molar-refractivity contribution is 6.03. The Bertz CT molecular complexity index is 614. The Labute approximate surface area is 205 Å². The molecule has 1 amide bonds. The second kappa shape index (κ2) is 15.8. The summed E-state index contributed by atoms with van der Waals surface area (Å²) in [5.74, 6) is -0.482. The third kappa shape index (κ3) is 9.85. The topological polar surface area (TPSA) is 118 Å². The van der Waals surface area contributed by atoms with Crippen LogP contribution in [0.4, 0.5) is 4.39 Å². The number of hydrogen-bond acceptors (Lipinski definition) is 7. The molecular weight excluding hydrogens is 435 g/mol. The molecule has 2 heterocycles. The normalized spacial score (nSPS) is 25.2. The van der Waals surface area contributed by atoms with E-state index < -0.39 is 18.3 Å². The lowest BCUT2D eigenvalue weighted by atomic mass is 9.95. The molecule has 5 unspecified atom stereocenters. The highest BCUT2D eigenvalue weighted by atomic mass is 19.1. The minimum absolute atomic E-state index is 0.0449. The van der Waals surface area contributed by atoms with Crippen molar-refractivity contribution in [3.8, 4) is 0 Å². The lowest BCUT2D eigenvalue weighted by Crippen LogP contribution is -2.63. The van der Waals surface area contributed by atoms with E-state index >= 15 is 0 Å². The molecule has 0 spiro atoms. The molecule has 0 aromatic carbocycles. The predicted octanol–water partition coefficient (Wildman–Crippen LogP) is 1.82. The van der Waals surface area contributed by atoms with E-state index in [0.29, 0.717) is 37.8 Å². The number of nitrogens with two attached hydrogens (primary N) is 2. The average molecular weight is 485 g/mol. The van der Waals surface area contributed by atoms with Gasteiger partial charge in [0.25, 0.3) is 0 Å². The van der Waals surface area contributed by atoms with Crippen molar-refractivity contribution in [1.82, 2.24) is 15.5 Å². The van der Waals surface area contributed by atoms with Gasteiger partial charge in [-0.05, 0) is 38.6 Å². The number of carbonyl (C=O) groups excluding carboxylic acids is 1. The Morgan fingerprint density at radius 3 is 2.65 bits per heavy atom. The summed E-state index contributed by atoms with van der Waals surface area (Å²) in [4.78, 5) is 20.0. The number of alkyl halides is 1. The SMILES string of the molecule is CCCCCC(C)CCC(F)CN=C(C)C(C(=O)NC1CNCCC1N1CCOCC1)C(N)N. The van der Waals surface area contributed by atoms with E-state index in [0.717, 1.165) is 38.9 Å². The Morgan fingerprint density at radius 1 is 1.24 bits per heavy atom. The van der Waals surface area contributed by atoms with E-state index in [9.17, 15) is 9.18 Å². The maximum atomic E-state index is 14.5. The van der Waals surface area contributed by atoms with E-state index in [4.69, 9.17) is 16.2 Å². The number of rotatable bonds is 14. The number of halogens is 1. The van der Waals surface area contributed by atoms with Crippen molar-refractivity contribution in [3.63, 3.8) is 0 Å². The summed E-state index contributed by atoms with van der Waals surface area (Å²) in [7, 11) is 0. The number of ether oxygens (including phenoxy) is 1. The number of aliphatic imine (C=N–C) groups is 1. The van der Waals surface area contributed by atoms with Gasteiger partial charge in [-0.25, -0.2) is 4.39 Å². The van der Waals surface area contributed by atoms with Crippen LogP contribution in [0.2, 0.25) is 0 Å². The fourth-order valence-corrected chi connectivity index (χ4v) is 5.04. The van der Waals surface area contributed by atoms with Crippen LogP contribution in [0.25, 0.3) is 0 Å². The van der Waals surface area contributed by atoms with Crippen molar-refractivity contribution < 1.29 is 13.9 Å². The van der Waals surface area contributed by atoms with Crippen LogP contribution in [-0.4, -0.2) is 86.9 Å². The second-order valence-corrected chi connectivity index (χ2v) is 10.1. The van der Waals surface area contributed by atoms with E-state index in [2.05, 4.69) is 34.4 Å². The summed E-state index contributed by atoms with van der Waals surface area (Å²) in [6.45, 7) is 10.9. The molecule has 2 rings (SSSR count). The quantitative estimate of drug-likeness (QED) is 0.170. The molecule has 9 heteroatoms. The van der Waals surface area contributed by atoms with Gasteiger partial charge in [0.15, 0.2) is 0 Å². The second-order valence-electron chi connectivity index (χ2n) is 10.1. The molecule has 0 radical (unpaired) electrons. The van der Waals surface area contributed by atoms with Crippen LogP contribution < -0.4 is 22.1 Å². The zero-order valence-corrected chi connectivity index (χ0v) is 21.6. The first-order valence-electron chi connectivity index (χ1n) is 13.3. The third-order valence-electron chi connectivity index (χ3n) is 7.22. The summed E-state index contributed by atoms with van der Waals surface area (Å²) >= 11 is 0. The third-order valence-corrected chi connectivity index (χ3v) is 7.22. The van der Waals surface area contributed by atoms with Gasteiger partial charge in [0, 0.05) is 31.4 Å². The van der Waals surface area contributed by atoms with Gasteiger partial charge < -0.3 is 26.8 Å². The average Bonchev–Trinajstić information content (AvgIpc) is 2.82. The lowest BCUT2D eigenvalue weighted by molar-refractivity contribution is -0.125. The molecule has 0 aliphatic carbocycles. The van der Waals surface area contributed by atoms with E-state index in [1.807, 2.05) is 0 Å². The molecule has 2 aliphatic heterocycles. The molecule has 5 atom stereocenters. The fraction of sp³-hybridized carbons (Fsp3) is 0.920. The zero-order chi connectivity index (χ0) is 24.9. The first-order chi connectivity index (χ1) is 16.3. The van der Waals surface area contributed by atoms with E-state index in [1.54, 1.807) is 6.92 Å². The van der Waals surface area contributed by atoms with Crippen LogP contribution in [-0.2, 0) is 9.53 Å². The van der Waals surface area contributed by atoms with Gasteiger partial charge in [0.05, 0.1) is 32.0 Å². The molecule has 6 N–H and O–H groups in total. The zero-order valence-electron chi connectivity index (χ0n) is 21.6. The molecular formula is C25H49FN6O2. The number of hydrogen-bond donors (Lipinski definition) is 4. The van der Waals surface area contributed by atoms with Gasteiger partial charge in [0.1, 0.15) is 12.1 Å². The van der Waals surface area contributed by atoms with Crippen molar-refractivity contribution in [1.29, 1.82) is 0 Å². The molecule has 2 saturated heterocycles. The van der Waals surface area contributed by atoms with E-state index in [-0.39, 0.29) is 24.5 Å². The van der Waals surface area contributed by atoms with Crippen LogP contribution >= 0.6 is 0 Å². The number of carbonyl (C=O) groups is 1. The molecule has 198 valence electrons. The first-order valence-corrected chi connectivity index (χ1v) is 13.3. The summed E-state index contributed by atoms with van der Waals surface area (Å²) in [6.07, 6.45) is 5.19. The van der Waals surface area contributed by atoms with Crippen molar-refractivity contribution in [2.24, 2.45) is 28.3 Å². The van der Waals surface area contributed by atoms with Gasteiger partial charge >= 0.3 is 0 Å². The minimum atomic E-state index is -1.02. The lowest BCUT2D eigenvalue weighted by Gasteiger charge is -2.42. The summed E-state index contributed by atoms with van der Waals surface area (Å²) in [5, 5.41) is 6.53. The molecule has 8 nitrogen and oxygen atoms in total. The van der Waals surface area contributed by atoms with Gasteiger partial charge in [-0.2, -0.15) is 0 Å². The summed E-state index contributed by atoms with van der Waals surface area (Å²) in [6, 6.07) is 0.201. The van der Waals surface area contributed by atoms with Gasteiger partial charge in [-0.1, -0.05) is 39.5 Å². The molecule has 2 fully saturated rings. The maximum absolute atomic E-state index is 14.5. The molecule has 0 saturated carbocycles. The van der Waals surface area contributed by atoms with Crippen LogP contribution in [0, 0.1) is 11.8 Å². The summed E-state index contributed by atoms with van der Waals surface area (Å²) in [5.41, 5.74) is 12.5. The summed E-state index contributed by atoms with van der Waals surface area (Å²) < 4.78 is 20.0. The predicted molar refractivity (Wildman–Crippen MR) is 137 cm³/mol. The number of unbranched alkanes of at least 4 members (excludes halogenated alkanes) is 2. The number of piperidine rings is 1. The van der Waals surface area contributed by atoms with Crippen molar-refractivity contribution in [3.05, 3.63) is 0 Å². The highest BCUT2D eigenvalue weighted by Gasteiger charge is 2.35. The Morgan fingerprint density at radius 2 is 1.97 bits per heavy atom. The van der Waals surface area contributed by atoms with E-state index in [1.165, 1.54) is 19.3 Å². The molecule has 0 bridgehead atoms. The van der Waals surface area contributed by atoms with Crippen LogP contribution in [0.1, 0.15) is 65.7 Å². The Hall–Kier alpha value is -1.13. The van der Waals surface area contributed by atoms with Gasteiger partial charge in [0.2, 0.25) is 5.91 Å². The van der Waals surface area contributed by atoms with Crippen LogP contribution in [0.5, 0.6) is 0 Å². The monoisotopic (exact) mass is 484 g/mol. The number of nitrogens with zero attached hydrogens (tertiary/aromatic N) is 2. The number of nitrogens with one attached hydrogen (secondary N) is 2. The van der Waals surface area contributed by atoms with Crippen molar-refractivity contribution in [2.75, 3.05) is 45.9 Å². The number of amides is 1. The van der Waals surface area contributed by atoms with Crippen molar-refractivity contribution >= 4 is 11.6 Å². The molecule has 0 aromatic heterocycles. The van der Waals surface area contributed by atoms with Gasteiger partial charge in [-0.15, -0.1) is 0 Å². The first kappa shape index (κ1) is 29.1. The number of morpholine rings is 1. The highest BCUT2D eigenvalue weighted by Crippen LogP contribution is 2.18. The Kier molecular flexibility index (Phi) is 13.5. The van der Waals surface area contributed by atoms with Crippen LogP contribution in [0.15, 0.2) is 4.99 Å². The molecule has 0 aromatic rings. The Balaban J connectivity index is 1.88. The largest absolute Gasteiger partial charge is 0.379 e. The molecule has 2 aliphatic rings. The van der Waals surface area contributed by atoms with Crippen molar-refractivity contribution in [2.45, 2.75) is 90.1 Å². The maximum Gasteiger partial charge on any atom is 0.232 e.